The molecule has 6 nitrogen and oxygen atoms in total. The molecule has 0 atom stereocenters. The molecule has 0 aliphatic carbocycles. The highest BCUT2D eigenvalue weighted by atomic mass is 16.5. The zero-order valence-corrected chi connectivity index (χ0v) is 13.6. The van der Waals surface area contributed by atoms with E-state index in [1.165, 1.54) is 0 Å². The van der Waals surface area contributed by atoms with Crippen molar-refractivity contribution in [2.45, 2.75) is 6.54 Å². The van der Waals surface area contributed by atoms with Crippen LogP contribution in [0.5, 0.6) is 5.75 Å². The number of hydrogen-bond acceptors (Lipinski definition) is 4. The van der Waals surface area contributed by atoms with E-state index in [9.17, 15) is 4.79 Å². The van der Waals surface area contributed by atoms with Crippen molar-refractivity contribution < 1.29 is 4.74 Å². The second-order valence-electron chi connectivity index (χ2n) is 5.66. The maximum atomic E-state index is 11.7. The van der Waals surface area contributed by atoms with Crippen LogP contribution in [0.1, 0.15) is 5.56 Å². The highest BCUT2D eigenvalue weighted by Crippen LogP contribution is 2.27. The number of rotatable bonds is 4. The summed E-state index contributed by atoms with van der Waals surface area (Å²) in [4.78, 5) is 22.8. The van der Waals surface area contributed by atoms with Gasteiger partial charge >= 0.3 is 5.69 Å². The van der Waals surface area contributed by atoms with E-state index in [0.29, 0.717) is 18.2 Å². The van der Waals surface area contributed by atoms with Crippen LogP contribution in [-0.2, 0) is 6.54 Å². The third kappa shape index (κ3) is 2.89. The molecule has 0 radical (unpaired) electrons. The van der Waals surface area contributed by atoms with Gasteiger partial charge in [0.2, 0.25) is 0 Å². The number of nitrogens with one attached hydrogen (secondary N) is 1. The van der Waals surface area contributed by atoms with Gasteiger partial charge in [-0.05, 0) is 17.7 Å². The average molecular weight is 332 g/mol. The molecular formula is C19H16N4O2. The smallest absolute Gasteiger partial charge is 0.348 e. The number of ether oxygens (including phenoxy) is 1. The normalized spacial score (nSPS) is 10.9. The maximum absolute atomic E-state index is 11.7. The fraction of sp³-hybridized carbons (Fsp3) is 0.105. The predicted molar refractivity (Wildman–Crippen MR) is 94.8 cm³/mol. The number of aromatic amines is 1. The summed E-state index contributed by atoms with van der Waals surface area (Å²) in [7, 11) is 1.63. The molecule has 2 aliphatic heterocycles. The van der Waals surface area contributed by atoms with Gasteiger partial charge in [0.15, 0.2) is 11.6 Å². The van der Waals surface area contributed by atoms with Crippen molar-refractivity contribution in [2.24, 2.45) is 0 Å². The summed E-state index contributed by atoms with van der Waals surface area (Å²) in [6.07, 6.45) is 1.75. The van der Waals surface area contributed by atoms with Crippen LogP contribution >= 0.6 is 0 Å². The number of methoxy groups -OCH3 is 1. The lowest BCUT2D eigenvalue weighted by molar-refractivity contribution is 0.415. The Kier molecular flexibility index (Phi) is 3.78. The molecule has 0 fully saturated rings. The Labute approximate surface area is 144 Å². The highest BCUT2D eigenvalue weighted by Gasteiger charge is 2.18. The molecule has 6 heteroatoms. The molecule has 0 spiro atoms. The summed E-state index contributed by atoms with van der Waals surface area (Å²) in [5.41, 5.74) is 2.52. The van der Waals surface area contributed by atoms with Gasteiger partial charge in [-0.2, -0.15) is 4.98 Å². The molecular weight excluding hydrogens is 316 g/mol. The van der Waals surface area contributed by atoms with Gasteiger partial charge < -0.3 is 9.30 Å². The molecule has 2 heterocycles. The van der Waals surface area contributed by atoms with Crippen molar-refractivity contribution in [2.75, 3.05) is 7.11 Å². The molecule has 0 saturated heterocycles. The first-order valence-electron chi connectivity index (χ1n) is 7.88. The average Bonchev–Trinajstić information content (AvgIpc) is 3.04. The molecule has 2 aromatic rings. The van der Waals surface area contributed by atoms with Gasteiger partial charge in [0.1, 0.15) is 5.75 Å². The summed E-state index contributed by atoms with van der Waals surface area (Å²) in [6.45, 7) is 0.580. The Balaban J connectivity index is 1.92. The molecule has 0 bridgehead atoms. The predicted octanol–water partition coefficient (Wildman–Crippen LogP) is 2.80. The largest absolute Gasteiger partial charge is 0.497 e. The molecule has 2 aromatic carbocycles. The summed E-state index contributed by atoms with van der Waals surface area (Å²) >= 11 is 0. The van der Waals surface area contributed by atoms with Crippen LogP contribution in [0.15, 0.2) is 65.6 Å². The quantitative estimate of drug-likeness (QED) is 0.624. The number of H-pyrrole nitrogens is 1. The number of hydrogen-bond donors (Lipinski definition) is 1. The van der Waals surface area contributed by atoms with Crippen LogP contribution in [0.2, 0.25) is 0 Å². The molecule has 0 unspecified atom stereocenters. The zero-order chi connectivity index (χ0) is 17.2. The van der Waals surface area contributed by atoms with Gasteiger partial charge in [0, 0.05) is 12.1 Å². The molecule has 2 aliphatic rings. The monoisotopic (exact) mass is 332 g/mol. The fourth-order valence-corrected chi connectivity index (χ4v) is 2.86. The van der Waals surface area contributed by atoms with E-state index in [1.807, 2.05) is 59.2 Å². The van der Waals surface area contributed by atoms with E-state index >= 15 is 0 Å². The van der Waals surface area contributed by atoms with Crippen molar-refractivity contribution in [1.82, 2.24) is 19.5 Å². The Morgan fingerprint density at radius 1 is 1.12 bits per heavy atom. The Bertz CT molecular complexity index is 1040. The van der Waals surface area contributed by atoms with Crippen LogP contribution < -0.4 is 10.4 Å². The molecule has 124 valence electrons. The summed E-state index contributed by atoms with van der Waals surface area (Å²) in [5, 5.41) is 0. The SMILES string of the molecule is COc1cccc(-c2cnc3[nH]c(=O)nc-3n2Cc2ccccc2)c1. The van der Waals surface area contributed by atoms with Gasteiger partial charge in [0.05, 0.1) is 19.0 Å². The summed E-state index contributed by atoms with van der Waals surface area (Å²) < 4.78 is 7.32. The van der Waals surface area contributed by atoms with E-state index in [-0.39, 0.29) is 0 Å². The van der Waals surface area contributed by atoms with Crippen molar-refractivity contribution in [3.8, 4) is 28.7 Å². The molecule has 0 amide bonds. The number of nitrogens with zero attached hydrogens (tertiary/aromatic N) is 3. The van der Waals surface area contributed by atoms with Crippen LogP contribution in [-0.4, -0.2) is 26.6 Å². The fourth-order valence-electron chi connectivity index (χ4n) is 2.86. The minimum Gasteiger partial charge on any atom is -0.497 e. The summed E-state index contributed by atoms with van der Waals surface area (Å²) in [6, 6.07) is 17.8. The highest BCUT2D eigenvalue weighted by molar-refractivity contribution is 5.65. The van der Waals surface area contributed by atoms with E-state index in [4.69, 9.17) is 4.74 Å². The first-order valence-corrected chi connectivity index (χ1v) is 7.88. The lowest BCUT2D eigenvalue weighted by Gasteiger charge is -2.17. The number of aromatic nitrogens is 4. The Morgan fingerprint density at radius 3 is 2.76 bits per heavy atom. The topological polar surface area (TPSA) is 72.8 Å². The number of imidazole rings is 1. The molecule has 25 heavy (non-hydrogen) atoms. The second kappa shape index (κ2) is 6.24. The first-order chi connectivity index (χ1) is 12.2. The van der Waals surface area contributed by atoms with E-state index in [0.717, 1.165) is 22.6 Å². The minimum atomic E-state index is -0.396. The standard InChI is InChI=1S/C19H16N4O2/c1-25-15-9-5-8-14(10-15)16-11-20-17-18(22-19(24)21-17)23(16)12-13-6-3-2-4-7-13/h2-11H,12H2,1H3,(H,20,21,24). The minimum absolute atomic E-state index is 0.396. The molecule has 1 N–H and O–H groups in total. The van der Waals surface area contributed by atoms with Crippen molar-refractivity contribution in [3.63, 3.8) is 0 Å². The lowest BCUT2D eigenvalue weighted by Crippen LogP contribution is -2.10. The maximum Gasteiger partial charge on any atom is 0.348 e. The molecule has 0 aromatic heterocycles. The van der Waals surface area contributed by atoms with Crippen molar-refractivity contribution >= 4 is 0 Å². The van der Waals surface area contributed by atoms with Crippen molar-refractivity contribution in [3.05, 3.63) is 76.8 Å². The second-order valence-corrected chi connectivity index (χ2v) is 5.66. The van der Waals surface area contributed by atoms with E-state index < -0.39 is 5.69 Å². The summed E-state index contributed by atoms with van der Waals surface area (Å²) in [5.74, 6) is 1.78. The number of benzene rings is 2. The van der Waals surface area contributed by atoms with E-state index in [2.05, 4.69) is 15.0 Å². The zero-order valence-electron chi connectivity index (χ0n) is 13.6. The van der Waals surface area contributed by atoms with Crippen LogP contribution in [0, 0.1) is 0 Å². The van der Waals surface area contributed by atoms with E-state index in [1.54, 1.807) is 13.3 Å². The third-order valence-corrected chi connectivity index (χ3v) is 4.06. The van der Waals surface area contributed by atoms with Gasteiger partial charge in [-0.1, -0.05) is 42.5 Å². The van der Waals surface area contributed by atoms with Gasteiger partial charge in [-0.15, -0.1) is 0 Å². The molecule has 4 rings (SSSR count). The van der Waals surface area contributed by atoms with Crippen LogP contribution in [0.3, 0.4) is 0 Å². The van der Waals surface area contributed by atoms with Gasteiger partial charge in [-0.25, -0.2) is 9.78 Å². The Morgan fingerprint density at radius 2 is 1.96 bits per heavy atom. The van der Waals surface area contributed by atoms with Crippen LogP contribution in [0.4, 0.5) is 0 Å². The van der Waals surface area contributed by atoms with Gasteiger partial charge in [-0.3, -0.25) is 4.98 Å². The lowest BCUT2D eigenvalue weighted by atomic mass is 10.1. The molecule has 0 saturated carbocycles. The van der Waals surface area contributed by atoms with Gasteiger partial charge in [0.25, 0.3) is 0 Å². The first kappa shape index (κ1) is 15.1. The number of fused-ring (bicyclic) bond motifs is 1. The Hall–Kier alpha value is -3.41. The van der Waals surface area contributed by atoms with Crippen LogP contribution in [0.25, 0.3) is 22.9 Å². The van der Waals surface area contributed by atoms with Crippen molar-refractivity contribution in [1.29, 1.82) is 0 Å². The third-order valence-electron chi connectivity index (χ3n) is 4.06.